The Balaban J connectivity index is 3.01. The number of benzene rings is 1. The Bertz CT molecular complexity index is 647. The molecule has 0 aliphatic carbocycles. The second kappa shape index (κ2) is 10.3. The molecule has 0 saturated carbocycles. The molecular weight excluding hydrogens is 340 g/mol. The lowest BCUT2D eigenvalue weighted by atomic mass is 10.0. The van der Waals surface area contributed by atoms with E-state index in [-0.39, 0.29) is 11.5 Å². The van der Waals surface area contributed by atoms with Gasteiger partial charge in [-0.1, -0.05) is 6.92 Å². The number of hydrogen-bond acceptors (Lipinski definition) is 7. The van der Waals surface area contributed by atoms with Crippen molar-refractivity contribution in [3.63, 3.8) is 0 Å². The number of ether oxygens (including phenoxy) is 4. The lowest BCUT2D eigenvalue weighted by Crippen LogP contribution is -2.27. The summed E-state index contributed by atoms with van der Waals surface area (Å²) in [5, 5.41) is 4.03. The van der Waals surface area contributed by atoms with Crippen LogP contribution in [0.15, 0.2) is 17.2 Å². The molecule has 0 aliphatic heterocycles. The molecule has 0 radical (unpaired) electrons. The Hall–Kier alpha value is -2.77. The predicted octanol–water partition coefficient (Wildman–Crippen LogP) is 2.41. The van der Waals surface area contributed by atoms with Crippen LogP contribution in [0.1, 0.15) is 37.6 Å². The van der Waals surface area contributed by atoms with Crippen LogP contribution in [0.3, 0.4) is 0 Å². The second-order valence-corrected chi connectivity index (χ2v) is 5.32. The Morgan fingerprint density at radius 1 is 1.08 bits per heavy atom. The summed E-state index contributed by atoms with van der Waals surface area (Å²) in [6, 6.07) is 3.04. The van der Waals surface area contributed by atoms with E-state index in [0.717, 1.165) is 0 Å². The zero-order valence-electron chi connectivity index (χ0n) is 16.0. The van der Waals surface area contributed by atoms with Crippen LogP contribution < -0.4 is 19.6 Å². The maximum absolute atomic E-state index is 12.4. The lowest BCUT2D eigenvalue weighted by Gasteiger charge is -2.14. The number of nitrogens with zero attached hydrogens (tertiary/aromatic N) is 1. The standard InChI is InChI=1S/C18H26N2O6/c1-7-13(18(22)26-8-2)11(3)19-20-17(21)12-9-14(23-4)16(25-6)15(10-12)24-5/h9-10,13H,7-8H2,1-6H3,(H,20,21)/t13-/m1/s1. The number of nitrogens with one attached hydrogen (secondary N) is 1. The molecule has 0 aliphatic rings. The van der Waals surface area contributed by atoms with Crippen molar-refractivity contribution in [1.82, 2.24) is 5.43 Å². The van der Waals surface area contributed by atoms with Gasteiger partial charge < -0.3 is 18.9 Å². The maximum Gasteiger partial charge on any atom is 0.314 e. The van der Waals surface area contributed by atoms with Crippen LogP contribution in [0.2, 0.25) is 0 Å². The van der Waals surface area contributed by atoms with Gasteiger partial charge in [-0.15, -0.1) is 0 Å². The number of methoxy groups -OCH3 is 3. The van der Waals surface area contributed by atoms with Crippen molar-refractivity contribution in [2.45, 2.75) is 27.2 Å². The first-order chi connectivity index (χ1) is 12.4. The summed E-state index contributed by atoms with van der Waals surface area (Å²) < 4.78 is 20.7. The van der Waals surface area contributed by atoms with Crippen LogP contribution in [0, 0.1) is 5.92 Å². The Morgan fingerprint density at radius 2 is 1.65 bits per heavy atom. The van der Waals surface area contributed by atoms with Gasteiger partial charge in [0, 0.05) is 11.3 Å². The fourth-order valence-corrected chi connectivity index (χ4v) is 2.37. The fourth-order valence-electron chi connectivity index (χ4n) is 2.37. The van der Waals surface area contributed by atoms with Crippen molar-refractivity contribution >= 4 is 17.6 Å². The first-order valence-electron chi connectivity index (χ1n) is 8.24. The largest absolute Gasteiger partial charge is 0.493 e. The molecule has 1 atom stereocenters. The molecule has 0 spiro atoms. The van der Waals surface area contributed by atoms with Gasteiger partial charge in [-0.05, 0) is 32.4 Å². The van der Waals surface area contributed by atoms with E-state index in [4.69, 9.17) is 18.9 Å². The molecule has 1 amide bonds. The minimum atomic E-state index is -0.504. The van der Waals surface area contributed by atoms with E-state index >= 15 is 0 Å². The molecule has 0 bridgehead atoms. The average Bonchev–Trinajstić information content (AvgIpc) is 2.65. The van der Waals surface area contributed by atoms with Gasteiger partial charge in [-0.3, -0.25) is 9.59 Å². The molecule has 1 N–H and O–H groups in total. The summed E-state index contributed by atoms with van der Waals surface area (Å²) in [6.45, 7) is 5.55. The fraction of sp³-hybridized carbons (Fsp3) is 0.500. The lowest BCUT2D eigenvalue weighted by molar-refractivity contribution is -0.145. The third kappa shape index (κ3) is 5.11. The quantitative estimate of drug-likeness (QED) is 0.410. The highest BCUT2D eigenvalue weighted by Crippen LogP contribution is 2.38. The van der Waals surface area contributed by atoms with Crippen LogP contribution >= 0.6 is 0 Å². The first kappa shape index (κ1) is 21.3. The monoisotopic (exact) mass is 366 g/mol. The van der Waals surface area contributed by atoms with Gasteiger partial charge >= 0.3 is 5.97 Å². The molecule has 0 aromatic heterocycles. The average molecular weight is 366 g/mol. The van der Waals surface area contributed by atoms with Gasteiger partial charge in [0.2, 0.25) is 5.75 Å². The molecule has 26 heavy (non-hydrogen) atoms. The number of hydrogen-bond donors (Lipinski definition) is 1. The van der Waals surface area contributed by atoms with E-state index in [2.05, 4.69) is 10.5 Å². The van der Waals surface area contributed by atoms with E-state index in [0.29, 0.717) is 36.0 Å². The van der Waals surface area contributed by atoms with Crippen LogP contribution in [-0.2, 0) is 9.53 Å². The van der Waals surface area contributed by atoms with E-state index in [9.17, 15) is 9.59 Å². The molecule has 0 fully saturated rings. The molecule has 0 saturated heterocycles. The van der Waals surface area contributed by atoms with Crippen LogP contribution in [0.5, 0.6) is 17.2 Å². The molecule has 1 aromatic rings. The molecule has 8 nitrogen and oxygen atoms in total. The van der Waals surface area contributed by atoms with E-state index < -0.39 is 11.8 Å². The highest BCUT2D eigenvalue weighted by molar-refractivity contribution is 6.02. The highest BCUT2D eigenvalue weighted by atomic mass is 16.5. The summed E-state index contributed by atoms with van der Waals surface area (Å²) in [4.78, 5) is 24.3. The topological polar surface area (TPSA) is 95.5 Å². The van der Waals surface area contributed by atoms with Crippen molar-refractivity contribution < 1.29 is 28.5 Å². The van der Waals surface area contributed by atoms with Crippen molar-refractivity contribution in [2.24, 2.45) is 11.0 Å². The molecule has 1 aromatic carbocycles. The molecule has 0 unspecified atom stereocenters. The van der Waals surface area contributed by atoms with E-state index in [1.807, 2.05) is 6.92 Å². The summed E-state index contributed by atoms with van der Waals surface area (Å²) in [5.74, 6) is -0.235. The van der Waals surface area contributed by atoms with Crippen molar-refractivity contribution in [3.8, 4) is 17.2 Å². The first-order valence-corrected chi connectivity index (χ1v) is 8.24. The normalized spacial score (nSPS) is 12.2. The van der Waals surface area contributed by atoms with E-state index in [1.54, 1.807) is 13.8 Å². The van der Waals surface area contributed by atoms with Crippen molar-refractivity contribution in [2.75, 3.05) is 27.9 Å². The van der Waals surface area contributed by atoms with Gasteiger partial charge in [0.1, 0.15) is 0 Å². The number of carbonyl (C=O) groups excluding carboxylic acids is 2. The van der Waals surface area contributed by atoms with Crippen LogP contribution in [0.4, 0.5) is 0 Å². The summed E-state index contributed by atoms with van der Waals surface area (Å²) >= 11 is 0. The molecule has 144 valence electrons. The zero-order chi connectivity index (χ0) is 19.7. The van der Waals surface area contributed by atoms with Crippen LogP contribution in [0.25, 0.3) is 0 Å². The molecule has 1 rings (SSSR count). The van der Waals surface area contributed by atoms with Gasteiger partial charge in [0.05, 0.1) is 33.9 Å². The van der Waals surface area contributed by atoms with Gasteiger partial charge in [0.25, 0.3) is 5.91 Å². The maximum atomic E-state index is 12.4. The SMILES string of the molecule is CCOC(=O)[C@H](CC)C(C)=NNC(=O)c1cc(OC)c(OC)c(OC)c1. The third-order valence-corrected chi connectivity index (χ3v) is 3.74. The van der Waals surface area contributed by atoms with Gasteiger partial charge in [0.15, 0.2) is 11.5 Å². The second-order valence-electron chi connectivity index (χ2n) is 5.32. The van der Waals surface area contributed by atoms with Gasteiger partial charge in [-0.25, -0.2) is 5.43 Å². The number of carbonyl (C=O) groups is 2. The zero-order valence-corrected chi connectivity index (χ0v) is 16.0. The minimum absolute atomic E-state index is 0.278. The Kier molecular flexibility index (Phi) is 8.41. The molecule has 0 heterocycles. The Labute approximate surface area is 153 Å². The number of esters is 1. The van der Waals surface area contributed by atoms with Crippen LogP contribution in [-0.4, -0.2) is 45.5 Å². The number of hydrazone groups is 1. The van der Waals surface area contributed by atoms with Gasteiger partial charge in [-0.2, -0.15) is 5.10 Å². The van der Waals surface area contributed by atoms with Crippen molar-refractivity contribution in [3.05, 3.63) is 17.7 Å². The minimum Gasteiger partial charge on any atom is -0.493 e. The molecule has 8 heteroatoms. The predicted molar refractivity (Wildman–Crippen MR) is 97.1 cm³/mol. The summed E-state index contributed by atoms with van der Waals surface area (Å²) in [7, 11) is 4.41. The Morgan fingerprint density at radius 3 is 2.08 bits per heavy atom. The van der Waals surface area contributed by atoms with E-state index in [1.165, 1.54) is 33.5 Å². The third-order valence-electron chi connectivity index (χ3n) is 3.74. The number of amides is 1. The number of rotatable bonds is 9. The summed E-state index contributed by atoms with van der Waals surface area (Å²) in [5.41, 5.74) is 3.18. The smallest absolute Gasteiger partial charge is 0.314 e. The highest BCUT2D eigenvalue weighted by Gasteiger charge is 2.22. The van der Waals surface area contributed by atoms with Crippen molar-refractivity contribution in [1.29, 1.82) is 0 Å². The summed E-state index contributed by atoms with van der Waals surface area (Å²) in [6.07, 6.45) is 0.522. The molecular formula is C18H26N2O6.